The van der Waals surface area contributed by atoms with E-state index in [1.54, 1.807) is 19.1 Å². The van der Waals surface area contributed by atoms with Crippen molar-refractivity contribution in [2.75, 3.05) is 7.11 Å². The van der Waals surface area contributed by atoms with Gasteiger partial charge >= 0.3 is 0 Å². The van der Waals surface area contributed by atoms with Crippen molar-refractivity contribution in [3.05, 3.63) is 53.1 Å². The highest BCUT2D eigenvalue weighted by Gasteiger charge is 2.27. The molecule has 0 radical (unpaired) electrons. The number of ether oxygens (including phenoxy) is 1. The summed E-state index contributed by atoms with van der Waals surface area (Å²) >= 11 is 0. The second kappa shape index (κ2) is 4.91. The first-order valence-corrected chi connectivity index (χ1v) is 5.45. The van der Waals surface area contributed by atoms with Crippen molar-refractivity contribution in [3.63, 3.8) is 0 Å². The van der Waals surface area contributed by atoms with E-state index in [1.807, 2.05) is 0 Å². The largest absolute Gasteiger partial charge is 0.491 e. The Kier molecular flexibility index (Phi) is 3.46. The van der Waals surface area contributed by atoms with Gasteiger partial charge in [-0.25, -0.2) is 8.78 Å². The fourth-order valence-corrected chi connectivity index (χ4v) is 1.88. The molecule has 2 aromatic carbocycles. The Labute approximate surface area is 107 Å². The molecule has 0 atom stereocenters. The Morgan fingerprint density at radius 1 is 0.842 bits per heavy atom. The minimum atomic E-state index is -1.54. The molecule has 0 N–H and O–H groups in total. The topological polar surface area (TPSA) is 9.23 Å². The lowest BCUT2D eigenvalue weighted by molar-refractivity contribution is 0.334. The first-order valence-electron chi connectivity index (χ1n) is 5.45. The van der Waals surface area contributed by atoms with Crippen LogP contribution in [0.3, 0.4) is 0 Å². The quantitative estimate of drug-likeness (QED) is 0.586. The smallest absolute Gasteiger partial charge is 0.204 e. The molecule has 0 saturated heterocycles. The van der Waals surface area contributed by atoms with E-state index in [-0.39, 0.29) is 5.56 Å². The van der Waals surface area contributed by atoms with Gasteiger partial charge in [0.15, 0.2) is 17.4 Å². The predicted octanol–water partition coefficient (Wildman–Crippen LogP) is 4.23. The van der Waals surface area contributed by atoms with Crippen LogP contribution < -0.4 is 4.74 Å². The van der Waals surface area contributed by atoms with E-state index >= 15 is 0 Å². The SMILES string of the molecule is COc1c(F)c(F)c(-c2ccccc2C)c(F)c1F. The number of hydrogen-bond donors (Lipinski definition) is 0. The summed E-state index contributed by atoms with van der Waals surface area (Å²) in [5, 5.41) is 0. The Morgan fingerprint density at radius 2 is 1.37 bits per heavy atom. The summed E-state index contributed by atoms with van der Waals surface area (Å²) in [7, 11) is 0.938. The van der Waals surface area contributed by atoms with Crippen LogP contribution in [0.25, 0.3) is 11.1 Å². The number of aryl methyl sites for hydroxylation is 1. The van der Waals surface area contributed by atoms with Crippen molar-refractivity contribution >= 4 is 0 Å². The molecule has 100 valence electrons. The van der Waals surface area contributed by atoms with Gasteiger partial charge < -0.3 is 4.74 Å². The molecule has 0 fully saturated rings. The van der Waals surface area contributed by atoms with Crippen molar-refractivity contribution in [1.82, 2.24) is 0 Å². The van der Waals surface area contributed by atoms with Crippen molar-refractivity contribution in [2.24, 2.45) is 0 Å². The molecule has 0 aliphatic heterocycles. The third-order valence-electron chi connectivity index (χ3n) is 2.84. The summed E-state index contributed by atoms with van der Waals surface area (Å²) in [4.78, 5) is 0. The normalized spacial score (nSPS) is 10.6. The molecule has 2 aromatic rings. The fourth-order valence-electron chi connectivity index (χ4n) is 1.88. The fraction of sp³-hybridized carbons (Fsp3) is 0.143. The molecule has 2 rings (SSSR count). The van der Waals surface area contributed by atoms with Crippen LogP contribution in [0.15, 0.2) is 24.3 Å². The van der Waals surface area contributed by atoms with Gasteiger partial charge in [-0.05, 0) is 18.1 Å². The zero-order valence-electron chi connectivity index (χ0n) is 10.2. The highest BCUT2D eigenvalue weighted by molar-refractivity contribution is 5.69. The molecule has 0 aliphatic rings. The van der Waals surface area contributed by atoms with Crippen LogP contribution in [0, 0.1) is 30.2 Å². The molecular weight excluding hydrogens is 260 g/mol. The van der Waals surface area contributed by atoms with Gasteiger partial charge in [0.1, 0.15) is 0 Å². The summed E-state index contributed by atoms with van der Waals surface area (Å²) in [6, 6.07) is 6.17. The molecular formula is C14H10F4O. The van der Waals surface area contributed by atoms with E-state index in [4.69, 9.17) is 0 Å². The minimum Gasteiger partial charge on any atom is -0.491 e. The third kappa shape index (κ3) is 2.05. The van der Waals surface area contributed by atoms with Crippen LogP contribution in [-0.4, -0.2) is 7.11 Å². The van der Waals surface area contributed by atoms with Crippen LogP contribution in [0.2, 0.25) is 0 Å². The van der Waals surface area contributed by atoms with E-state index in [1.165, 1.54) is 12.1 Å². The van der Waals surface area contributed by atoms with Gasteiger partial charge in [-0.2, -0.15) is 8.78 Å². The van der Waals surface area contributed by atoms with Crippen molar-refractivity contribution in [1.29, 1.82) is 0 Å². The third-order valence-corrected chi connectivity index (χ3v) is 2.84. The molecule has 19 heavy (non-hydrogen) atoms. The van der Waals surface area contributed by atoms with Crippen molar-refractivity contribution < 1.29 is 22.3 Å². The van der Waals surface area contributed by atoms with E-state index in [9.17, 15) is 17.6 Å². The van der Waals surface area contributed by atoms with Crippen LogP contribution in [0.4, 0.5) is 17.6 Å². The molecule has 0 spiro atoms. The summed E-state index contributed by atoms with van der Waals surface area (Å²) in [6.45, 7) is 1.59. The van der Waals surface area contributed by atoms with Gasteiger partial charge in [0.05, 0.1) is 12.7 Å². The zero-order valence-corrected chi connectivity index (χ0v) is 10.2. The molecule has 1 nitrogen and oxygen atoms in total. The summed E-state index contributed by atoms with van der Waals surface area (Å²) in [5.74, 6) is -7.08. The van der Waals surface area contributed by atoms with Gasteiger partial charge in [0.25, 0.3) is 0 Å². The van der Waals surface area contributed by atoms with Gasteiger partial charge in [-0.1, -0.05) is 24.3 Å². The van der Waals surface area contributed by atoms with Crippen LogP contribution in [0.1, 0.15) is 5.56 Å². The number of methoxy groups -OCH3 is 1. The number of halogens is 4. The first-order chi connectivity index (χ1) is 8.99. The molecule has 5 heteroatoms. The average molecular weight is 270 g/mol. The summed E-state index contributed by atoms with van der Waals surface area (Å²) in [6.07, 6.45) is 0. The van der Waals surface area contributed by atoms with Crippen LogP contribution >= 0.6 is 0 Å². The Hall–Kier alpha value is -2.04. The first kappa shape index (κ1) is 13.4. The molecule has 0 aliphatic carbocycles. The molecule has 0 amide bonds. The molecule has 0 unspecified atom stereocenters. The molecule has 0 saturated carbocycles. The summed E-state index contributed by atoms with van der Waals surface area (Å²) in [5.41, 5.74) is -0.129. The lowest BCUT2D eigenvalue weighted by Crippen LogP contribution is -2.04. The highest BCUT2D eigenvalue weighted by atomic mass is 19.2. The lowest BCUT2D eigenvalue weighted by atomic mass is 9.99. The Bertz CT molecular complexity index is 609. The standard InChI is InChI=1S/C14H10F4O/c1-7-5-3-4-6-8(7)9-10(15)12(17)14(19-2)13(18)11(9)16/h3-6H,1-2H3. The number of rotatable bonds is 2. The molecule has 0 bridgehead atoms. The van der Waals surface area contributed by atoms with E-state index in [0.717, 1.165) is 7.11 Å². The maximum atomic E-state index is 13.9. The van der Waals surface area contributed by atoms with Gasteiger partial charge in [-0.15, -0.1) is 0 Å². The van der Waals surface area contributed by atoms with Gasteiger partial charge in [-0.3, -0.25) is 0 Å². The van der Waals surface area contributed by atoms with E-state index < -0.39 is 34.6 Å². The predicted molar refractivity (Wildman–Crippen MR) is 63.0 cm³/mol. The van der Waals surface area contributed by atoms with Gasteiger partial charge in [0.2, 0.25) is 11.6 Å². The Balaban J connectivity index is 2.83. The maximum Gasteiger partial charge on any atom is 0.204 e. The van der Waals surface area contributed by atoms with E-state index in [2.05, 4.69) is 4.74 Å². The van der Waals surface area contributed by atoms with Crippen molar-refractivity contribution in [2.45, 2.75) is 6.92 Å². The number of hydrogen-bond acceptors (Lipinski definition) is 1. The second-order valence-electron chi connectivity index (χ2n) is 3.98. The molecule has 0 aromatic heterocycles. The average Bonchev–Trinajstić information content (AvgIpc) is 2.40. The number of benzene rings is 2. The second-order valence-corrected chi connectivity index (χ2v) is 3.98. The van der Waals surface area contributed by atoms with Crippen molar-refractivity contribution in [3.8, 4) is 16.9 Å². The highest BCUT2D eigenvalue weighted by Crippen LogP contribution is 2.36. The van der Waals surface area contributed by atoms with E-state index in [0.29, 0.717) is 5.56 Å². The van der Waals surface area contributed by atoms with Crippen LogP contribution in [0.5, 0.6) is 5.75 Å². The monoisotopic (exact) mass is 270 g/mol. The van der Waals surface area contributed by atoms with Crippen LogP contribution in [-0.2, 0) is 0 Å². The molecule has 0 heterocycles. The van der Waals surface area contributed by atoms with Gasteiger partial charge in [0, 0.05) is 0 Å². The maximum absolute atomic E-state index is 13.9. The Morgan fingerprint density at radius 3 is 1.84 bits per heavy atom. The zero-order chi connectivity index (χ0) is 14.2. The lowest BCUT2D eigenvalue weighted by Gasteiger charge is -2.12. The minimum absolute atomic E-state index is 0.0953. The summed E-state index contributed by atoms with van der Waals surface area (Å²) < 4.78 is 59.3.